The topological polar surface area (TPSA) is 77.7 Å². The molecule has 0 aliphatic carbocycles. The van der Waals surface area contributed by atoms with Gasteiger partial charge in [-0.25, -0.2) is 9.18 Å². The second-order valence-electron chi connectivity index (χ2n) is 9.79. The molecule has 3 aromatic carbocycles. The minimum absolute atomic E-state index is 0.0758. The normalized spacial score (nSPS) is 11.5. The maximum absolute atomic E-state index is 13.7. The van der Waals surface area contributed by atoms with Gasteiger partial charge in [-0.1, -0.05) is 42.5 Å². The Morgan fingerprint density at radius 2 is 1.64 bits per heavy atom. The van der Waals surface area contributed by atoms with E-state index in [0.717, 1.165) is 28.6 Å². The highest BCUT2D eigenvalue weighted by atomic mass is 19.4. The molecule has 1 heterocycles. The number of methoxy groups -OCH3 is 1. The lowest BCUT2D eigenvalue weighted by Gasteiger charge is -2.28. The summed E-state index contributed by atoms with van der Waals surface area (Å²) in [5.41, 5.74) is 1.27. The van der Waals surface area contributed by atoms with Gasteiger partial charge in [-0.3, -0.25) is 4.79 Å². The van der Waals surface area contributed by atoms with E-state index in [4.69, 9.17) is 4.74 Å². The molecule has 4 aromatic rings. The van der Waals surface area contributed by atoms with E-state index in [0.29, 0.717) is 24.9 Å². The fraction of sp³-hybridized carbons (Fsp3) is 0.290. The predicted molar refractivity (Wildman–Crippen MR) is 152 cm³/mol. The quantitative estimate of drug-likeness (QED) is 0.148. The van der Waals surface area contributed by atoms with E-state index in [1.54, 1.807) is 17.0 Å². The molecule has 0 bridgehead atoms. The lowest BCUT2D eigenvalue weighted by Crippen LogP contribution is -2.45. The van der Waals surface area contributed by atoms with Crippen molar-refractivity contribution in [3.63, 3.8) is 0 Å². The summed E-state index contributed by atoms with van der Waals surface area (Å²) in [6, 6.07) is 17.4. The van der Waals surface area contributed by atoms with E-state index in [1.165, 1.54) is 36.3 Å². The number of aromatic amines is 1. The number of benzene rings is 3. The predicted octanol–water partition coefficient (Wildman–Crippen LogP) is 6.47. The number of ether oxygens (including phenoxy) is 1. The Hall–Kier alpha value is -4.38. The monoisotopic (exact) mass is 584 g/mol. The number of nitrogens with one attached hydrogen (secondary N) is 2. The maximum atomic E-state index is 13.7. The summed E-state index contributed by atoms with van der Waals surface area (Å²) in [7, 11) is 1.49. The zero-order chi connectivity index (χ0) is 30.1. The summed E-state index contributed by atoms with van der Waals surface area (Å²) in [5.74, 6) is -0.814. The van der Waals surface area contributed by atoms with Crippen molar-refractivity contribution in [2.45, 2.75) is 25.6 Å². The molecule has 0 fully saturated rings. The van der Waals surface area contributed by atoms with Crippen LogP contribution < -0.4 is 5.32 Å². The van der Waals surface area contributed by atoms with Crippen LogP contribution in [0.1, 0.15) is 23.1 Å². The van der Waals surface area contributed by atoms with Crippen molar-refractivity contribution < 1.29 is 31.9 Å². The van der Waals surface area contributed by atoms with E-state index in [2.05, 4.69) is 10.3 Å². The van der Waals surface area contributed by atoms with Gasteiger partial charge in [0.2, 0.25) is 5.91 Å². The van der Waals surface area contributed by atoms with E-state index < -0.39 is 35.2 Å². The zero-order valence-corrected chi connectivity index (χ0v) is 23.1. The van der Waals surface area contributed by atoms with Crippen LogP contribution in [0.3, 0.4) is 0 Å². The molecule has 0 aliphatic heterocycles. The van der Waals surface area contributed by atoms with Crippen molar-refractivity contribution >= 4 is 28.5 Å². The van der Waals surface area contributed by atoms with Crippen LogP contribution in [0.2, 0.25) is 0 Å². The molecule has 0 unspecified atom stereocenters. The summed E-state index contributed by atoms with van der Waals surface area (Å²) in [6.07, 6.45) is -1.92. The molecule has 222 valence electrons. The number of hydrogen-bond donors (Lipinski definition) is 2. The molecule has 7 nitrogen and oxygen atoms in total. The van der Waals surface area contributed by atoms with Gasteiger partial charge in [-0.2, -0.15) is 13.2 Å². The molecule has 0 saturated heterocycles. The Bertz CT molecular complexity index is 1490. The highest BCUT2D eigenvalue weighted by Gasteiger charge is 2.34. The lowest BCUT2D eigenvalue weighted by atomic mass is 10.1. The van der Waals surface area contributed by atoms with Crippen LogP contribution in [0.5, 0.6) is 0 Å². The number of hydrogen-bond acceptors (Lipinski definition) is 3. The molecule has 1 aromatic heterocycles. The zero-order valence-electron chi connectivity index (χ0n) is 23.1. The third-order valence-electron chi connectivity index (χ3n) is 6.83. The number of rotatable bonds is 12. The number of carbonyl (C=O) groups excluding carboxylic acids is 2. The average molecular weight is 585 g/mol. The van der Waals surface area contributed by atoms with Crippen molar-refractivity contribution in [3.8, 4) is 0 Å². The van der Waals surface area contributed by atoms with E-state index in [9.17, 15) is 27.2 Å². The fourth-order valence-electron chi connectivity index (χ4n) is 4.64. The largest absolute Gasteiger partial charge is 0.418 e. The molecular formula is C31H32F4N4O3. The maximum Gasteiger partial charge on any atom is 0.418 e. The van der Waals surface area contributed by atoms with Gasteiger partial charge in [0.15, 0.2) is 0 Å². The third-order valence-corrected chi connectivity index (χ3v) is 6.83. The van der Waals surface area contributed by atoms with Crippen molar-refractivity contribution in [2.75, 3.05) is 38.7 Å². The second-order valence-corrected chi connectivity index (χ2v) is 9.79. The van der Waals surface area contributed by atoms with E-state index in [-0.39, 0.29) is 26.2 Å². The molecule has 0 atom stereocenters. The summed E-state index contributed by atoms with van der Waals surface area (Å²) in [5, 5.41) is 3.35. The molecule has 0 saturated carbocycles. The number of urea groups is 1. The van der Waals surface area contributed by atoms with Crippen LogP contribution >= 0.6 is 0 Å². The first-order valence-electron chi connectivity index (χ1n) is 13.4. The van der Waals surface area contributed by atoms with Gasteiger partial charge < -0.3 is 24.8 Å². The molecule has 0 radical (unpaired) electrons. The smallest absolute Gasteiger partial charge is 0.385 e. The summed E-state index contributed by atoms with van der Waals surface area (Å²) in [6.45, 7) is 0.441. The summed E-state index contributed by atoms with van der Waals surface area (Å²) < 4.78 is 59.2. The SMILES string of the molecule is COCCCN(CC(=O)N(CCc1c[nH]c2ccccc12)Cc1ccc(F)cc1)C(=O)Nc1ccccc1C(F)(F)F. The number of aromatic nitrogens is 1. The fourth-order valence-corrected chi connectivity index (χ4v) is 4.64. The first kappa shape index (κ1) is 30.6. The van der Waals surface area contributed by atoms with Gasteiger partial charge in [0.25, 0.3) is 0 Å². The molecular weight excluding hydrogens is 552 g/mol. The van der Waals surface area contributed by atoms with Crippen LogP contribution in [0.25, 0.3) is 10.9 Å². The molecule has 2 N–H and O–H groups in total. The number of nitrogens with zero attached hydrogens (tertiary/aromatic N) is 2. The van der Waals surface area contributed by atoms with Gasteiger partial charge in [0.05, 0.1) is 11.3 Å². The van der Waals surface area contributed by atoms with Crippen LogP contribution in [0, 0.1) is 5.82 Å². The van der Waals surface area contributed by atoms with Crippen molar-refractivity contribution in [1.29, 1.82) is 0 Å². The number of amides is 3. The molecule has 0 spiro atoms. The Labute approximate surface area is 241 Å². The molecule has 42 heavy (non-hydrogen) atoms. The van der Waals surface area contributed by atoms with Gasteiger partial charge >= 0.3 is 12.2 Å². The van der Waals surface area contributed by atoms with Crippen LogP contribution in [0.4, 0.5) is 28.0 Å². The highest BCUT2D eigenvalue weighted by Crippen LogP contribution is 2.34. The van der Waals surface area contributed by atoms with Gasteiger partial charge in [-0.15, -0.1) is 0 Å². The number of alkyl halides is 3. The third kappa shape index (κ3) is 8.10. The number of halogens is 4. The first-order valence-corrected chi connectivity index (χ1v) is 13.4. The van der Waals surface area contributed by atoms with Gasteiger partial charge in [0, 0.05) is 50.5 Å². The Balaban J connectivity index is 1.54. The number of fused-ring (bicyclic) bond motifs is 1. The number of para-hydroxylation sites is 2. The average Bonchev–Trinajstić information content (AvgIpc) is 3.38. The Kier molecular flexibility index (Phi) is 10.2. The van der Waals surface area contributed by atoms with Crippen LogP contribution in [-0.4, -0.2) is 60.1 Å². The number of H-pyrrole nitrogens is 1. The number of carbonyl (C=O) groups is 2. The van der Waals surface area contributed by atoms with Crippen molar-refractivity contribution in [2.24, 2.45) is 0 Å². The Morgan fingerprint density at radius 1 is 0.929 bits per heavy atom. The van der Waals surface area contributed by atoms with Crippen molar-refractivity contribution in [3.05, 3.63) is 102 Å². The highest BCUT2D eigenvalue weighted by molar-refractivity contribution is 5.93. The summed E-state index contributed by atoms with van der Waals surface area (Å²) >= 11 is 0. The standard InChI is InChI=1S/C31H32F4N4O3/c1-42-18-6-16-39(30(41)37-28-10-5-3-8-26(28)31(33,34)35)21-29(40)38(20-22-11-13-24(32)14-12-22)17-15-23-19-36-27-9-4-2-7-25(23)27/h2-5,7-14,19,36H,6,15-18,20-21H2,1H3,(H,37,41). The van der Waals surface area contributed by atoms with Gasteiger partial charge in [0.1, 0.15) is 12.4 Å². The Morgan fingerprint density at radius 3 is 2.38 bits per heavy atom. The first-order chi connectivity index (χ1) is 20.2. The number of anilines is 1. The molecule has 0 aliphatic rings. The van der Waals surface area contributed by atoms with Crippen LogP contribution in [-0.2, 0) is 28.7 Å². The van der Waals surface area contributed by atoms with Crippen molar-refractivity contribution in [1.82, 2.24) is 14.8 Å². The van der Waals surface area contributed by atoms with E-state index >= 15 is 0 Å². The minimum atomic E-state index is -4.67. The van der Waals surface area contributed by atoms with E-state index in [1.807, 2.05) is 30.5 Å². The van der Waals surface area contributed by atoms with Crippen LogP contribution in [0.15, 0.2) is 79.0 Å². The second kappa shape index (κ2) is 14.0. The summed E-state index contributed by atoms with van der Waals surface area (Å²) in [4.78, 5) is 32.9. The lowest BCUT2D eigenvalue weighted by molar-refractivity contribution is -0.137. The minimum Gasteiger partial charge on any atom is -0.385 e. The molecule has 3 amide bonds. The van der Waals surface area contributed by atoms with Gasteiger partial charge in [-0.05, 0) is 54.3 Å². The molecule has 4 rings (SSSR count). The molecule has 11 heteroatoms.